The van der Waals surface area contributed by atoms with Crippen LogP contribution >= 0.6 is 0 Å². The Kier molecular flexibility index (Phi) is 4.86. The Bertz CT molecular complexity index is 455. The van der Waals surface area contributed by atoms with E-state index in [9.17, 15) is 9.59 Å². The summed E-state index contributed by atoms with van der Waals surface area (Å²) in [5, 5.41) is 3.00. The molecule has 1 heterocycles. The van der Waals surface area contributed by atoms with E-state index in [1.165, 1.54) is 6.20 Å². The smallest absolute Gasteiger partial charge is 0.339 e. The number of nitrogens with two attached hydrogens (primary N) is 1. The zero-order valence-electron chi connectivity index (χ0n) is 11.4. The molecule has 0 saturated carbocycles. The van der Waals surface area contributed by atoms with Gasteiger partial charge in [0, 0.05) is 12.7 Å². The number of primary amides is 1. The molecule has 1 aromatic heterocycles. The predicted octanol–water partition coefficient (Wildman–Crippen LogP) is 1.18. The molecule has 3 N–H and O–H groups in total. The van der Waals surface area contributed by atoms with Crippen LogP contribution in [0.3, 0.4) is 0 Å². The van der Waals surface area contributed by atoms with Crippen LogP contribution in [-0.4, -0.2) is 30.0 Å². The zero-order chi connectivity index (χ0) is 14.5. The van der Waals surface area contributed by atoms with Crippen molar-refractivity contribution in [2.75, 3.05) is 18.5 Å². The number of aromatic nitrogens is 1. The highest BCUT2D eigenvalue weighted by Crippen LogP contribution is 2.15. The van der Waals surface area contributed by atoms with Gasteiger partial charge in [0.15, 0.2) is 0 Å². The van der Waals surface area contributed by atoms with Gasteiger partial charge in [0.1, 0.15) is 5.82 Å². The first-order chi connectivity index (χ1) is 8.86. The summed E-state index contributed by atoms with van der Waals surface area (Å²) in [6, 6.07) is 3.27. The van der Waals surface area contributed by atoms with Crippen molar-refractivity contribution in [3.05, 3.63) is 23.9 Å². The summed E-state index contributed by atoms with van der Waals surface area (Å²) in [4.78, 5) is 26.7. The first-order valence-corrected chi connectivity index (χ1v) is 6.04. The maximum Gasteiger partial charge on any atom is 0.339 e. The maximum atomic E-state index is 11.4. The van der Waals surface area contributed by atoms with Gasteiger partial charge < -0.3 is 15.8 Å². The lowest BCUT2D eigenvalue weighted by atomic mass is 9.93. The van der Waals surface area contributed by atoms with Crippen molar-refractivity contribution in [1.82, 2.24) is 4.98 Å². The van der Waals surface area contributed by atoms with Crippen LogP contribution in [0.15, 0.2) is 18.3 Å². The van der Waals surface area contributed by atoms with Crippen LogP contribution in [0.2, 0.25) is 0 Å². The summed E-state index contributed by atoms with van der Waals surface area (Å²) < 4.78 is 4.85. The second kappa shape index (κ2) is 6.17. The van der Waals surface area contributed by atoms with Crippen LogP contribution in [-0.2, 0) is 9.53 Å². The van der Waals surface area contributed by atoms with E-state index in [2.05, 4.69) is 10.3 Å². The Morgan fingerprint density at radius 1 is 1.42 bits per heavy atom. The molecule has 1 amide bonds. The minimum absolute atomic E-state index is 0.325. The molecule has 0 bridgehead atoms. The number of hydrogen-bond donors (Lipinski definition) is 2. The molecule has 0 atom stereocenters. The fourth-order valence-electron chi connectivity index (χ4n) is 1.23. The molecular weight excluding hydrogens is 246 g/mol. The summed E-state index contributed by atoms with van der Waals surface area (Å²) in [5.74, 6) is -0.218. The Morgan fingerprint density at radius 2 is 2.11 bits per heavy atom. The number of ether oxygens (including phenoxy) is 1. The van der Waals surface area contributed by atoms with Crippen molar-refractivity contribution in [2.24, 2.45) is 11.1 Å². The lowest BCUT2D eigenvalue weighted by Gasteiger charge is -2.21. The zero-order valence-corrected chi connectivity index (χ0v) is 11.4. The van der Waals surface area contributed by atoms with E-state index in [1.54, 1.807) is 32.9 Å². The van der Waals surface area contributed by atoms with Gasteiger partial charge in [-0.05, 0) is 32.9 Å². The number of nitrogens with one attached hydrogen (secondary N) is 1. The normalized spacial score (nSPS) is 10.9. The Labute approximate surface area is 112 Å². The van der Waals surface area contributed by atoms with Gasteiger partial charge >= 0.3 is 5.97 Å². The van der Waals surface area contributed by atoms with Crippen LogP contribution in [0.5, 0.6) is 0 Å². The molecule has 6 nitrogen and oxygen atoms in total. The number of amides is 1. The number of carbonyl (C=O) groups excluding carboxylic acids is 2. The van der Waals surface area contributed by atoms with E-state index in [0.29, 0.717) is 24.5 Å². The number of rotatable bonds is 6. The molecule has 0 radical (unpaired) electrons. The standard InChI is InChI=1S/C13H19N3O3/c1-4-19-11(17)9-5-6-10(15-7-9)16-8-13(2,3)12(14)18/h5-7H,4,8H2,1-3H3,(H2,14,18)(H,15,16). The van der Waals surface area contributed by atoms with Gasteiger partial charge in [0.2, 0.25) is 5.91 Å². The van der Waals surface area contributed by atoms with Crippen molar-refractivity contribution in [3.8, 4) is 0 Å². The van der Waals surface area contributed by atoms with Gasteiger partial charge in [-0.1, -0.05) is 0 Å². The highest BCUT2D eigenvalue weighted by molar-refractivity contribution is 5.89. The predicted molar refractivity (Wildman–Crippen MR) is 71.7 cm³/mol. The lowest BCUT2D eigenvalue weighted by molar-refractivity contribution is -0.125. The monoisotopic (exact) mass is 265 g/mol. The lowest BCUT2D eigenvalue weighted by Crippen LogP contribution is -2.37. The molecule has 1 rings (SSSR count). The number of nitrogens with zero attached hydrogens (tertiary/aromatic N) is 1. The Morgan fingerprint density at radius 3 is 2.58 bits per heavy atom. The van der Waals surface area contributed by atoms with Gasteiger partial charge in [-0.3, -0.25) is 4.79 Å². The topological polar surface area (TPSA) is 94.3 Å². The first kappa shape index (κ1) is 14.9. The van der Waals surface area contributed by atoms with Crippen LogP contribution in [0, 0.1) is 5.41 Å². The van der Waals surface area contributed by atoms with Crippen molar-refractivity contribution in [2.45, 2.75) is 20.8 Å². The largest absolute Gasteiger partial charge is 0.462 e. The molecule has 0 saturated heterocycles. The molecule has 0 aromatic carbocycles. The molecule has 0 aliphatic carbocycles. The molecule has 0 aliphatic heterocycles. The van der Waals surface area contributed by atoms with Crippen molar-refractivity contribution < 1.29 is 14.3 Å². The highest BCUT2D eigenvalue weighted by atomic mass is 16.5. The molecule has 6 heteroatoms. The minimum atomic E-state index is -0.665. The first-order valence-electron chi connectivity index (χ1n) is 6.04. The number of pyridine rings is 1. The molecule has 0 unspecified atom stereocenters. The third kappa shape index (κ3) is 4.24. The third-order valence-corrected chi connectivity index (χ3v) is 2.65. The van der Waals surface area contributed by atoms with Crippen LogP contribution in [0.25, 0.3) is 0 Å². The number of carbonyl (C=O) groups is 2. The summed E-state index contributed by atoms with van der Waals surface area (Å²) >= 11 is 0. The minimum Gasteiger partial charge on any atom is -0.462 e. The number of anilines is 1. The van der Waals surface area contributed by atoms with E-state index in [4.69, 9.17) is 10.5 Å². The summed E-state index contributed by atoms with van der Waals surface area (Å²) in [6.45, 7) is 5.93. The van der Waals surface area contributed by atoms with E-state index in [1.807, 2.05) is 0 Å². The molecule has 104 valence electrons. The molecular formula is C13H19N3O3. The molecule has 1 aromatic rings. The molecule has 0 fully saturated rings. The molecule has 0 spiro atoms. The number of esters is 1. The van der Waals surface area contributed by atoms with Crippen LogP contribution in [0.4, 0.5) is 5.82 Å². The Hall–Kier alpha value is -2.11. The van der Waals surface area contributed by atoms with Crippen molar-refractivity contribution in [3.63, 3.8) is 0 Å². The van der Waals surface area contributed by atoms with E-state index in [-0.39, 0.29) is 5.91 Å². The van der Waals surface area contributed by atoms with Crippen molar-refractivity contribution >= 4 is 17.7 Å². The number of hydrogen-bond acceptors (Lipinski definition) is 5. The fraction of sp³-hybridized carbons (Fsp3) is 0.462. The third-order valence-electron chi connectivity index (χ3n) is 2.65. The van der Waals surface area contributed by atoms with Gasteiger partial charge in [-0.2, -0.15) is 0 Å². The van der Waals surface area contributed by atoms with Crippen LogP contribution < -0.4 is 11.1 Å². The second-order valence-electron chi connectivity index (χ2n) is 4.75. The van der Waals surface area contributed by atoms with Gasteiger partial charge in [-0.25, -0.2) is 9.78 Å². The fourth-order valence-corrected chi connectivity index (χ4v) is 1.23. The average Bonchev–Trinajstić information content (AvgIpc) is 2.37. The summed E-state index contributed by atoms with van der Waals surface area (Å²) in [7, 11) is 0. The molecule has 0 aliphatic rings. The van der Waals surface area contributed by atoms with E-state index >= 15 is 0 Å². The average molecular weight is 265 g/mol. The van der Waals surface area contributed by atoms with Crippen LogP contribution in [0.1, 0.15) is 31.1 Å². The SMILES string of the molecule is CCOC(=O)c1ccc(NCC(C)(C)C(N)=O)nc1. The Balaban J connectivity index is 2.63. The van der Waals surface area contributed by atoms with Gasteiger partial charge in [-0.15, -0.1) is 0 Å². The van der Waals surface area contributed by atoms with E-state index < -0.39 is 11.4 Å². The quantitative estimate of drug-likeness (QED) is 0.753. The second-order valence-corrected chi connectivity index (χ2v) is 4.75. The summed E-state index contributed by atoms with van der Waals surface area (Å²) in [6.07, 6.45) is 1.43. The van der Waals surface area contributed by atoms with Crippen molar-refractivity contribution in [1.29, 1.82) is 0 Å². The van der Waals surface area contributed by atoms with Gasteiger partial charge in [0.25, 0.3) is 0 Å². The summed E-state index contributed by atoms with van der Waals surface area (Å²) in [5.41, 5.74) is 5.00. The maximum absolute atomic E-state index is 11.4. The van der Waals surface area contributed by atoms with Gasteiger partial charge in [0.05, 0.1) is 17.6 Å². The highest BCUT2D eigenvalue weighted by Gasteiger charge is 2.24. The van der Waals surface area contributed by atoms with E-state index in [0.717, 1.165) is 0 Å². The molecule has 19 heavy (non-hydrogen) atoms.